The van der Waals surface area contributed by atoms with Gasteiger partial charge in [0, 0.05) is 26.6 Å². The van der Waals surface area contributed by atoms with E-state index in [1.165, 1.54) is 8.96 Å². The Morgan fingerprint density at radius 1 is 1.40 bits per heavy atom. The molecule has 0 aliphatic heterocycles. The molecule has 1 N–H and O–H groups in total. The fourth-order valence-corrected chi connectivity index (χ4v) is 2.42. The van der Waals surface area contributed by atoms with Crippen LogP contribution in [0.5, 0.6) is 0 Å². The zero-order chi connectivity index (χ0) is 10.7. The van der Waals surface area contributed by atoms with Gasteiger partial charge in [0.25, 0.3) is 6.47 Å². The molecular weight excluding hydrogens is 305 g/mol. The Morgan fingerprint density at radius 2 is 2.20 bits per heavy atom. The Bertz CT molecular complexity index is 478. The summed E-state index contributed by atoms with van der Waals surface area (Å²) in [6.07, 6.45) is 0.728. The van der Waals surface area contributed by atoms with E-state index in [-0.39, 0.29) is 0 Å². The standard InChI is InChI=1S/C11H10INO2/c12-11-8-3-1-2-4-9(8)13-10(11)5-6-15-7-14/h1-4,7,13H,5-6H2. The van der Waals surface area contributed by atoms with Crippen molar-refractivity contribution >= 4 is 40.0 Å². The molecule has 0 atom stereocenters. The van der Waals surface area contributed by atoms with E-state index in [9.17, 15) is 4.79 Å². The lowest BCUT2D eigenvalue weighted by molar-refractivity contribution is -0.128. The van der Waals surface area contributed by atoms with Crippen molar-refractivity contribution in [2.75, 3.05) is 6.61 Å². The predicted octanol–water partition coefficient (Wildman–Crippen LogP) is 2.49. The van der Waals surface area contributed by atoms with Crippen LogP contribution in [0, 0.1) is 3.57 Å². The molecule has 0 aliphatic rings. The number of para-hydroxylation sites is 1. The highest BCUT2D eigenvalue weighted by Gasteiger charge is 2.07. The third-order valence-corrected chi connectivity index (χ3v) is 3.48. The van der Waals surface area contributed by atoms with Crippen LogP contribution in [-0.2, 0) is 16.0 Å². The van der Waals surface area contributed by atoms with E-state index in [0.717, 1.165) is 17.6 Å². The van der Waals surface area contributed by atoms with E-state index in [1.807, 2.05) is 18.2 Å². The van der Waals surface area contributed by atoms with E-state index in [1.54, 1.807) is 0 Å². The molecule has 1 aromatic carbocycles. The van der Waals surface area contributed by atoms with Gasteiger partial charge in [0.1, 0.15) is 0 Å². The lowest BCUT2D eigenvalue weighted by atomic mass is 10.2. The molecule has 1 aromatic heterocycles. The van der Waals surface area contributed by atoms with Crippen LogP contribution in [0.15, 0.2) is 24.3 Å². The van der Waals surface area contributed by atoms with Crippen molar-refractivity contribution < 1.29 is 9.53 Å². The number of H-pyrrole nitrogens is 1. The second-order valence-corrected chi connectivity index (χ2v) is 4.26. The van der Waals surface area contributed by atoms with E-state index in [0.29, 0.717) is 13.1 Å². The molecule has 15 heavy (non-hydrogen) atoms. The third kappa shape index (κ3) is 2.14. The number of aromatic nitrogens is 1. The Hall–Kier alpha value is -1.04. The van der Waals surface area contributed by atoms with Crippen molar-refractivity contribution in [3.8, 4) is 0 Å². The summed E-state index contributed by atoms with van der Waals surface area (Å²) in [5, 5.41) is 1.22. The quantitative estimate of drug-likeness (QED) is 0.535. The molecule has 0 unspecified atom stereocenters. The largest absolute Gasteiger partial charge is 0.467 e. The van der Waals surface area contributed by atoms with Crippen molar-refractivity contribution in [2.24, 2.45) is 0 Å². The Morgan fingerprint density at radius 3 is 2.93 bits per heavy atom. The van der Waals surface area contributed by atoms with Gasteiger partial charge in [0.05, 0.1) is 6.61 Å². The number of ether oxygens (including phenoxy) is 1. The molecule has 78 valence electrons. The Balaban J connectivity index is 2.27. The molecule has 1 heterocycles. The average Bonchev–Trinajstić information content (AvgIpc) is 2.57. The molecular formula is C11H10INO2. The number of fused-ring (bicyclic) bond motifs is 1. The maximum atomic E-state index is 10.0. The second kappa shape index (κ2) is 4.65. The molecule has 3 nitrogen and oxygen atoms in total. The monoisotopic (exact) mass is 315 g/mol. The smallest absolute Gasteiger partial charge is 0.293 e. The topological polar surface area (TPSA) is 42.1 Å². The number of nitrogens with one attached hydrogen (secondary N) is 1. The average molecular weight is 315 g/mol. The Kier molecular flexibility index (Phi) is 3.25. The summed E-state index contributed by atoms with van der Waals surface area (Å²) in [5.41, 5.74) is 2.25. The zero-order valence-corrected chi connectivity index (χ0v) is 10.2. The van der Waals surface area contributed by atoms with Gasteiger partial charge >= 0.3 is 0 Å². The highest BCUT2D eigenvalue weighted by molar-refractivity contribution is 14.1. The zero-order valence-electron chi connectivity index (χ0n) is 8.00. The highest BCUT2D eigenvalue weighted by atomic mass is 127. The minimum atomic E-state index is 0.423. The van der Waals surface area contributed by atoms with Gasteiger partial charge in [-0.2, -0.15) is 0 Å². The van der Waals surface area contributed by atoms with Crippen LogP contribution in [0.4, 0.5) is 0 Å². The van der Waals surface area contributed by atoms with E-state index >= 15 is 0 Å². The molecule has 2 rings (SSSR count). The van der Waals surface area contributed by atoms with Crippen LogP contribution in [0.25, 0.3) is 10.9 Å². The van der Waals surface area contributed by atoms with Crippen molar-refractivity contribution in [3.05, 3.63) is 33.5 Å². The number of hydrogen-bond donors (Lipinski definition) is 1. The fraction of sp³-hybridized carbons (Fsp3) is 0.182. The fourth-order valence-electron chi connectivity index (χ4n) is 1.54. The van der Waals surface area contributed by atoms with Crippen LogP contribution < -0.4 is 0 Å². The summed E-state index contributed by atoms with van der Waals surface area (Å²) in [7, 11) is 0. The van der Waals surface area contributed by atoms with Gasteiger partial charge in [-0.3, -0.25) is 4.79 Å². The SMILES string of the molecule is O=COCCc1[nH]c2ccccc2c1I. The summed E-state index contributed by atoms with van der Waals surface area (Å²) in [6.45, 7) is 0.905. The lowest BCUT2D eigenvalue weighted by Gasteiger charge is -1.97. The van der Waals surface area contributed by atoms with E-state index in [4.69, 9.17) is 0 Å². The minimum Gasteiger partial charge on any atom is -0.467 e. The maximum Gasteiger partial charge on any atom is 0.293 e. The van der Waals surface area contributed by atoms with E-state index in [2.05, 4.69) is 38.4 Å². The van der Waals surface area contributed by atoms with Crippen LogP contribution in [0.1, 0.15) is 5.69 Å². The molecule has 0 radical (unpaired) electrons. The number of benzene rings is 1. The molecule has 0 amide bonds. The summed E-state index contributed by atoms with van der Waals surface area (Å²) in [5.74, 6) is 0. The van der Waals surface area contributed by atoms with Crippen molar-refractivity contribution in [1.29, 1.82) is 0 Å². The second-order valence-electron chi connectivity index (χ2n) is 3.18. The number of aromatic amines is 1. The summed E-state index contributed by atoms with van der Waals surface area (Å²) in [4.78, 5) is 13.3. The first kappa shape index (κ1) is 10.5. The predicted molar refractivity (Wildman–Crippen MR) is 66.7 cm³/mol. The van der Waals surface area contributed by atoms with Gasteiger partial charge in [0.15, 0.2) is 0 Å². The first-order chi connectivity index (χ1) is 7.33. The van der Waals surface area contributed by atoms with Crippen LogP contribution in [0.3, 0.4) is 0 Å². The van der Waals surface area contributed by atoms with Gasteiger partial charge < -0.3 is 9.72 Å². The molecule has 0 fully saturated rings. The van der Waals surface area contributed by atoms with Crippen molar-refractivity contribution in [1.82, 2.24) is 4.98 Å². The van der Waals surface area contributed by atoms with E-state index < -0.39 is 0 Å². The summed E-state index contributed by atoms with van der Waals surface area (Å²) >= 11 is 2.31. The van der Waals surface area contributed by atoms with Gasteiger partial charge in [-0.25, -0.2) is 0 Å². The Labute approximate surface area is 101 Å². The number of hydrogen-bond acceptors (Lipinski definition) is 2. The molecule has 2 aromatic rings. The molecule has 4 heteroatoms. The minimum absolute atomic E-state index is 0.423. The van der Waals surface area contributed by atoms with Crippen LogP contribution in [0.2, 0.25) is 0 Å². The summed E-state index contributed by atoms with van der Waals surface area (Å²) < 4.78 is 5.89. The molecule has 0 spiro atoms. The molecule has 0 aliphatic carbocycles. The first-order valence-corrected chi connectivity index (χ1v) is 5.71. The maximum absolute atomic E-state index is 10.0. The molecule has 0 bridgehead atoms. The summed E-state index contributed by atoms with van der Waals surface area (Å²) in [6, 6.07) is 8.14. The first-order valence-electron chi connectivity index (χ1n) is 4.63. The highest BCUT2D eigenvalue weighted by Crippen LogP contribution is 2.24. The van der Waals surface area contributed by atoms with Gasteiger partial charge in [-0.1, -0.05) is 18.2 Å². The number of rotatable bonds is 4. The molecule has 0 saturated heterocycles. The van der Waals surface area contributed by atoms with Crippen LogP contribution in [-0.4, -0.2) is 18.1 Å². The van der Waals surface area contributed by atoms with Crippen molar-refractivity contribution in [2.45, 2.75) is 6.42 Å². The third-order valence-electron chi connectivity index (χ3n) is 2.25. The number of halogens is 1. The normalized spacial score (nSPS) is 10.5. The number of carbonyl (C=O) groups is 1. The molecule has 0 saturated carbocycles. The van der Waals surface area contributed by atoms with Gasteiger partial charge in [-0.15, -0.1) is 0 Å². The van der Waals surface area contributed by atoms with Gasteiger partial charge in [0.2, 0.25) is 0 Å². The van der Waals surface area contributed by atoms with Crippen LogP contribution >= 0.6 is 22.6 Å². The lowest BCUT2D eigenvalue weighted by Crippen LogP contribution is -1.98. The van der Waals surface area contributed by atoms with Gasteiger partial charge in [-0.05, 0) is 28.7 Å². The number of carbonyl (C=O) groups excluding carboxylic acids is 1. The van der Waals surface area contributed by atoms with Crippen molar-refractivity contribution in [3.63, 3.8) is 0 Å².